The molecule has 0 aliphatic rings. The van der Waals surface area contributed by atoms with E-state index >= 15 is 0 Å². The summed E-state index contributed by atoms with van der Waals surface area (Å²) in [6.45, 7) is 4.76. The van der Waals surface area contributed by atoms with Crippen LogP contribution < -0.4 is 4.90 Å². The molecule has 1 aromatic rings. The van der Waals surface area contributed by atoms with Crippen molar-refractivity contribution in [3.8, 4) is 0 Å². The molecular weight excluding hydrogens is 250 g/mol. The van der Waals surface area contributed by atoms with Crippen molar-refractivity contribution in [2.75, 3.05) is 18.0 Å². The second kappa shape index (κ2) is 6.12. The van der Waals surface area contributed by atoms with Crippen molar-refractivity contribution in [3.05, 3.63) is 17.6 Å². The van der Waals surface area contributed by atoms with Crippen molar-refractivity contribution in [1.82, 2.24) is 9.97 Å². The minimum absolute atomic E-state index is 0.0788. The average molecular weight is 267 g/mol. The number of anilines is 1. The quantitative estimate of drug-likeness (QED) is 0.788. The van der Waals surface area contributed by atoms with E-state index in [-0.39, 0.29) is 5.92 Å². The molecule has 0 radical (unpaired) electrons. The number of carbonyl (C=O) groups is 2. The Kier molecular flexibility index (Phi) is 4.80. The molecule has 1 aromatic heterocycles. The largest absolute Gasteiger partial charge is 0.480 e. The highest BCUT2D eigenvalue weighted by Gasteiger charge is 2.17. The Bertz CT molecular complexity index is 472. The fraction of sp³-hybridized carbons (Fsp3) is 0.500. The molecule has 0 fully saturated rings. The maximum atomic E-state index is 10.8. The van der Waals surface area contributed by atoms with E-state index in [9.17, 15) is 9.59 Å². The Labute approximate surface area is 110 Å². The summed E-state index contributed by atoms with van der Waals surface area (Å²) in [5.74, 6) is -1.25. The van der Waals surface area contributed by atoms with Crippen LogP contribution in [0.25, 0.3) is 0 Å². The summed E-state index contributed by atoms with van der Waals surface area (Å²) in [6, 6.07) is 1.58. The van der Waals surface area contributed by atoms with E-state index in [0.29, 0.717) is 17.3 Å². The van der Waals surface area contributed by atoms with Crippen LogP contribution in [0.4, 0.5) is 5.82 Å². The molecule has 19 heavy (non-hydrogen) atoms. The molecule has 0 unspecified atom stereocenters. The van der Waals surface area contributed by atoms with Crippen LogP contribution in [-0.4, -0.2) is 45.2 Å². The van der Waals surface area contributed by atoms with E-state index < -0.39 is 25.0 Å². The van der Waals surface area contributed by atoms with Gasteiger partial charge in [0, 0.05) is 17.7 Å². The van der Waals surface area contributed by atoms with Crippen LogP contribution in [0.1, 0.15) is 31.3 Å². The summed E-state index contributed by atoms with van der Waals surface area (Å²) in [7, 11) is 0. The monoisotopic (exact) mass is 267 g/mol. The zero-order valence-electron chi connectivity index (χ0n) is 11.1. The molecular formula is C12H17N3O4. The highest BCUT2D eigenvalue weighted by atomic mass is 16.4. The Morgan fingerprint density at radius 2 is 1.74 bits per heavy atom. The van der Waals surface area contributed by atoms with Crippen LogP contribution >= 0.6 is 0 Å². The molecule has 0 amide bonds. The third kappa shape index (κ3) is 4.53. The summed E-state index contributed by atoms with van der Waals surface area (Å²) < 4.78 is 0. The molecule has 104 valence electrons. The number of hydrogen-bond donors (Lipinski definition) is 2. The molecule has 0 spiro atoms. The molecule has 0 saturated carbocycles. The lowest BCUT2D eigenvalue weighted by molar-refractivity contribution is -0.136. The smallest absolute Gasteiger partial charge is 0.323 e. The number of aromatic nitrogens is 2. The third-order valence-electron chi connectivity index (χ3n) is 2.35. The van der Waals surface area contributed by atoms with E-state index in [1.165, 1.54) is 4.90 Å². The molecule has 7 heteroatoms. The van der Waals surface area contributed by atoms with Crippen molar-refractivity contribution in [3.63, 3.8) is 0 Å². The molecule has 7 nitrogen and oxygen atoms in total. The van der Waals surface area contributed by atoms with Crippen LogP contribution in [0, 0.1) is 6.92 Å². The number of hydrogen-bond acceptors (Lipinski definition) is 5. The Hall–Kier alpha value is -2.18. The number of nitrogens with zero attached hydrogens (tertiary/aromatic N) is 3. The molecule has 0 bridgehead atoms. The predicted molar refractivity (Wildman–Crippen MR) is 68.3 cm³/mol. The average Bonchev–Trinajstić information content (AvgIpc) is 2.25. The van der Waals surface area contributed by atoms with Gasteiger partial charge in [0.1, 0.15) is 24.7 Å². The van der Waals surface area contributed by atoms with Crippen LogP contribution in [0.15, 0.2) is 6.07 Å². The topological polar surface area (TPSA) is 104 Å². The lowest BCUT2D eigenvalue weighted by Crippen LogP contribution is -2.35. The van der Waals surface area contributed by atoms with Crippen molar-refractivity contribution in [1.29, 1.82) is 0 Å². The minimum atomic E-state index is -1.11. The first-order valence-electron chi connectivity index (χ1n) is 5.83. The summed E-state index contributed by atoms with van der Waals surface area (Å²) in [5, 5.41) is 17.7. The van der Waals surface area contributed by atoms with Crippen LogP contribution in [-0.2, 0) is 9.59 Å². The summed E-state index contributed by atoms with van der Waals surface area (Å²) in [4.78, 5) is 31.2. The van der Waals surface area contributed by atoms with Crippen LogP contribution in [0.5, 0.6) is 0 Å². The van der Waals surface area contributed by atoms with Crippen LogP contribution in [0.2, 0.25) is 0 Å². The molecule has 0 aliphatic heterocycles. The number of aryl methyl sites for hydroxylation is 1. The van der Waals surface area contributed by atoms with E-state index in [4.69, 9.17) is 10.2 Å². The first kappa shape index (κ1) is 14.9. The maximum absolute atomic E-state index is 10.8. The second-order valence-corrected chi connectivity index (χ2v) is 4.52. The molecule has 2 N–H and O–H groups in total. The molecule has 1 heterocycles. The fourth-order valence-corrected chi connectivity index (χ4v) is 1.54. The lowest BCUT2D eigenvalue weighted by atomic mass is 10.2. The van der Waals surface area contributed by atoms with E-state index in [1.807, 2.05) is 13.8 Å². The first-order chi connectivity index (χ1) is 8.79. The van der Waals surface area contributed by atoms with Gasteiger partial charge in [-0.2, -0.15) is 0 Å². The summed E-state index contributed by atoms with van der Waals surface area (Å²) >= 11 is 0. The van der Waals surface area contributed by atoms with Gasteiger partial charge in [0.2, 0.25) is 0 Å². The van der Waals surface area contributed by atoms with Gasteiger partial charge in [-0.25, -0.2) is 9.97 Å². The zero-order chi connectivity index (χ0) is 14.6. The lowest BCUT2D eigenvalue weighted by Gasteiger charge is -2.20. The van der Waals surface area contributed by atoms with Gasteiger partial charge in [-0.3, -0.25) is 9.59 Å². The fourth-order valence-electron chi connectivity index (χ4n) is 1.54. The normalized spacial score (nSPS) is 10.5. The summed E-state index contributed by atoms with van der Waals surface area (Å²) in [5.41, 5.74) is 0.675. The van der Waals surface area contributed by atoms with Gasteiger partial charge in [0.25, 0.3) is 0 Å². The Balaban J connectivity index is 3.13. The van der Waals surface area contributed by atoms with Gasteiger partial charge in [-0.1, -0.05) is 13.8 Å². The third-order valence-corrected chi connectivity index (χ3v) is 2.35. The molecule has 0 atom stereocenters. The number of carboxylic acid groups (broad SMARTS) is 2. The molecule has 1 rings (SSSR count). The van der Waals surface area contributed by atoms with E-state index in [1.54, 1.807) is 13.0 Å². The second-order valence-electron chi connectivity index (χ2n) is 4.52. The van der Waals surface area contributed by atoms with Crippen LogP contribution in [0.3, 0.4) is 0 Å². The van der Waals surface area contributed by atoms with Crippen molar-refractivity contribution >= 4 is 17.8 Å². The standard InChI is InChI=1S/C12H17N3O4/c1-7(2)12-13-8(3)4-9(14-12)15(5-10(16)17)6-11(18)19/h4,7H,5-6H2,1-3H3,(H,16,17)(H,18,19). The number of carboxylic acids is 2. The number of aliphatic carboxylic acids is 2. The van der Waals surface area contributed by atoms with Gasteiger partial charge in [-0.05, 0) is 6.92 Å². The van der Waals surface area contributed by atoms with Crippen molar-refractivity contribution in [2.45, 2.75) is 26.7 Å². The molecule has 0 saturated heterocycles. The van der Waals surface area contributed by atoms with E-state index in [0.717, 1.165) is 0 Å². The number of rotatable bonds is 6. The van der Waals surface area contributed by atoms with Gasteiger partial charge in [0.15, 0.2) is 0 Å². The van der Waals surface area contributed by atoms with Gasteiger partial charge >= 0.3 is 11.9 Å². The van der Waals surface area contributed by atoms with Crippen molar-refractivity contribution in [2.24, 2.45) is 0 Å². The predicted octanol–water partition coefficient (Wildman–Crippen LogP) is 0.884. The minimum Gasteiger partial charge on any atom is -0.480 e. The SMILES string of the molecule is Cc1cc(N(CC(=O)O)CC(=O)O)nc(C(C)C)n1. The van der Waals surface area contributed by atoms with Gasteiger partial charge in [-0.15, -0.1) is 0 Å². The molecule has 0 aliphatic carbocycles. The Morgan fingerprint density at radius 3 is 2.16 bits per heavy atom. The first-order valence-corrected chi connectivity index (χ1v) is 5.83. The maximum Gasteiger partial charge on any atom is 0.323 e. The Morgan fingerprint density at radius 1 is 1.21 bits per heavy atom. The van der Waals surface area contributed by atoms with Gasteiger partial charge in [0.05, 0.1) is 0 Å². The highest BCUT2D eigenvalue weighted by molar-refractivity contribution is 5.78. The van der Waals surface area contributed by atoms with E-state index in [2.05, 4.69) is 9.97 Å². The van der Waals surface area contributed by atoms with Gasteiger partial charge < -0.3 is 15.1 Å². The highest BCUT2D eigenvalue weighted by Crippen LogP contribution is 2.17. The summed E-state index contributed by atoms with van der Waals surface area (Å²) in [6.07, 6.45) is 0. The zero-order valence-corrected chi connectivity index (χ0v) is 11.1. The molecule has 0 aromatic carbocycles. The van der Waals surface area contributed by atoms with Crippen molar-refractivity contribution < 1.29 is 19.8 Å².